The topological polar surface area (TPSA) is 55.4 Å². The summed E-state index contributed by atoms with van der Waals surface area (Å²) in [5, 5.41) is 7.10. The van der Waals surface area contributed by atoms with Gasteiger partial charge >= 0.3 is 5.97 Å². The van der Waals surface area contributed by atoms with Crippen molar-refractivity contribution in [1.29, 1.82) is 0 Å². The molecule has 1 heterocycles. The van der Waals surface area contributed by atoms with Gasteiger partial charge in [-0.25, -0.2) is 0 Å². The molecule has 0 bridgehead atoms. The molecule has 0 saturated heterocycles. The van der Waals surface area contributed by atoms with E-state index in [1.807, 2.05) is 5.38 Å². The van der Waals surface area contributed by atoms with Gasteiger partial charge in [-0.2, -0.15) is 11.3 Å². The van der Waals surface area contributed by atoms with E-state index in [1.54, 1.807) is 23.6 Å². The van der Waals surface area contributed by atoms with E-state index in [-0.39, 0.29) is 23.1 Å². The largest absolute Gasteiger partial charge is 0.425 e. The van der Waals surface area contributed by atoms with E-state index in [1.165, 1.54) is 17.4 Å². The van der Waals surface area contributed by atoms with Crippen molar-refractivity contribution >= 4 is 46.4 Å². The Bertz CT molecular complexity index is 659. The van der Waals surface area contributed by atoms with Gasteiger partial charge in [-0.05, 0) is 36.1 Å². The molecule has 0 aliphatic carbocycles. The molecular formula is C15H13Cl2NO3S. The van der Waals surface area contributed by atoms with E-state index in [9.17, 15) is 9.59 Å². The molecule has 0 aliphatic rings. The smallest absolute Gasteiger partial charge is 0.311 e. The van der Waals surface area contributed by atoms with Crippen LogP contribution in [-0.2, 0) is 4.79 Å². The number of nitrogens with one attached hydrogen (secondary N) is 1. The monoisotopic (exact) mass is 357 g/mol. The lowest BCUT2D eigenvalue weighted by atomic mass is 10.3. The van der Waals surface area contributed by atoms with Crippen molar-refractivity contribution < 1.29 is 14.3 Å². The van der Waals surface area contributed by atoms with Crippen molar-refractivity contribution in [3.8, 4) is 5.75 Å². The zero-order chi connectivity index (χ0) is 15.9. The van der Waals surface area contributed by atoms with Crippen LogP contribution in [0.3, 0.4) is 0 Å². The van der Waals surface area contributed by atoms with Crippen LogP contribution in [0.25, 0.3) is 0 Å². The zero-order valence-corrected chi connectivity index (χ0v) is 13.8. The van der Waals surface area contributed by atoms with E-state index in [0.29, 0.717) is 23.6 Å². The van der Waals surface area contributed by atoms with Crippen molar-refractivity contribution in [2.24, 2.45) is 0 Å². The van der Waals surface area contributed by atoms with Gasteiger partial charge in [0.05, 0.1) is 5.02 Å². The number of carbonyl (C=O) groups is 2. The van der Waals surface area contributed by atoms with Gasteiger partial charge in [0.25, 0.3) is 5.91 Å². The molecule has 116 valence electrons. The van der Waals surface area contributed by atoms with Crippen LogP contribution in [0.15, 0.2) is 35.0 Å². The molecule has 2 rings (SSSR count). The molecule has 0 aliphatic heterocycles. The van der Waals surface area contributed by atoms with Crippen LogP contribution in [0, 0.1) is 0 Å². The maximum atomic E-state index is 11.7. The number of ether oxygens (including phenoxy) is 1. The summed E-state index contributed by atoms with van der Waals surface area (Å²) in [6.45, 7) is 0.401. The first kappa shape index (κ1) is 16.8. The lowest BCUT2D eigenvalue weighted by Crippen LogP contribution is -2.24. The summed E-state index contributed by atoms with van der Waals surface area (Å²) in [4.78, 5) is 23.4. The van der Waals surface area contributed by atoms with Crippen molar-refractivity contribution in [2.45, 2.75) is 12.8 Å². The summed E-state index contributed by atoms with van der Waals surface area (Å²) in [5.74, 6) is -0.275. The standard InChI is InChI=1S/C15H13Cl2NO3S/c16-11-3-4-13(12(17)8-11)21-14(19)2-1-6-18-15(20)10-5-7-22-9-10/h3-5,7-9H,1-2,6H2,(H,18,20). The van der Waals surface area contributed by atoms with E-state index in [0.717, 1.165) is 0 Å². The third kappa shape index (κ3) is 5.02. The average molecular weight is 358 g/mol. The molecule has 1 N–H and O–H groups in total. The Hall–Kier alpha value is -1.56. The minimum atomic E-state index is -0.408. The maximum Gasteiger partial charge on any atom is 0.311 e. The highest BCUT2D eigenvalue weighted by Crippen LogP contribution is 2.27. The molecule has 0 radical (unpaired) electrons. The number of hydrogen-bond donors (Lipinski definition) is 1. The van der Waals surface area contributed by atoms with Crippen LogP contribution in [0.2, 0.25) is 10.0 Å². The van der Waals surface area contributed by atoms with Crippen molar-refractivity contribution in [1.82, 2.24) is 5.32 Å². The Morgan fingerprint density at radius 3 is 2.73 bits per heavy atom. The number of hydrogen-bond acceptors (Lipinski definition) is 4. The zero-order valence-electron chi connectivity index (χ0n) is 11.5. The van der Waals surface area contributed by atoms with E-state index < -0.39 is 5.97 Å². The molecule has 0 atom stereocenters. The molecule has 0 spiro atoms. The fourth-order valence-corrected chi connectivity index (χ4v) is 2.75. The summed E-state index contributed by atoms with van der Waals surface area (Å²) < 4.78 is 5.14. The molecule has 1 amide bonds. The molecular weight excluding hydrogens is 345 g/mol. The molecule has 0 fully saturated rings. The molecule has 1 aromatic heterocycles. The molecule has 0 unspecified atom stereocenters. The quantitative estimate of drug-likeness (QED) is 0.479. The van der Waals surface area contributed by atoms with Gasteiger partial charge in [0, 0.05) is 28.9 Å². The van der Waals surface area contributed by atoms with Gasteiger partial charge in [0.15, 0.2) is 0 Å². The Labute approximate surface area is 142 Å². The van der Waals surface area contributed by atoms with Gasteiger partial charge in [0.1, 0.15) is 5.75 Å². The SMILES string of the molecule is O=C(CCCNC(=O)c1ccsc1)Oc1ccc(Cl)cc1Cl. The second-order valence-corrected chi connectivity index (χ2v) is 6.04. The lowest BCUT2D eigenvalue weighted by molar-refractivity contribution is -0.134. The highest BCUT2D eigenvalue weighted by molar-refractivity contribution is 7.08. The normalized spacial score (nSPS) is 10.3. The lowest BCUT2D eigenvalue weighted by Gasteiger charge is -2.07. The van der Waals surface area contributed by atoms with Gasteiger partial charge in [0.2, 0.25) is 0 Å². The number of thiophene rings is 1. The van der Waals surface area contributed by atoms with Gasteiger partial charge in [-0.3, -0.25) is 9.59 Å². The Kier molecular flexibility index (Phi) is 6.24. The number of esters is 1. The molecule has 1 aromatic carbocycles. The minimum Gasteiger partial charge on any atom is -0.425 e. The van der Waals surface area contributed by atoms with Gasteiger partial charge in [-0.15, -0.1) is 0 Å². The van der Waals surface area contributed by atoms with Gasteiger partial charge < -0.3 is 10.1 Å². The molecule has 4 nitrogen and oxygen atoms in total. The Balaban J connectivity index is 1.71. The highest BCUT2D eigenvalue weighted by Gasteiger charge is 2.09. The minimum absolute atomic E-state index is 0.143. The number of carbonyl (C=O) groups excluding carboxylic acids is 2. The Morgan fingerprint density at radius 2 is 2.05 bits per heavy atom. The second kappa shape index (κ2) is 8.17. The maximum absolute atomic E-state index is 11.7. The summed E-state index contributed by atoms with van der Waals surface area (Å²) >= 11 is 13.1. The second-order valence-electron chi connectivity index (χ2n) is 4.42. The first-order valence-electron chi connectivity index (χ1n) is 6.52. The van der Waals surface area contributed by atoms with E-state index in [4.69, 9.17) is 27.9 Å². The fraction of sp³-hybridized carbons (Fsp3) is 0.200. The van der Waals surface area contributed by atoms with Gasteiger partial charge in [-0.1, -0.05) is 23.2 Å². The van der Waals surface area contributed by atoms with Crippen molar-refractivity contribution in [3.05, 3.63) is 50.6 Å². The summed E-state index contributed by atoms with van der Waals surface area (Å²) in [5.41, 5.74) is 0.625. The first-order valence-corrected chi connectivity index (χ1v) is 8.22. The molecule has 2 aromatic rings. The van der Waals surface area contributed by atoms with Crippen LogP contribution in [0.4, 0.5) is 0 Å². The number of amides is 1. The third-order valence-corrected chi connectivity index (χ3v) is 3.96. The van der Waals surface area contributed by atoms with Crippen molar-refractivity contribution in [3.63, 3.8) is 0 Å². The highest BCUT2D eigenvalue weighted by atomic mass is 35.5. The number of rotatable bonds is 6. The van der Waals surface area contributed by atoms with Crippen LogP contribution < -0.4 is 10.1 Å². The van der Waals surface area contributed by atoms with Crippen molar-refractivity contribution in [2.75, 3.05) is 6.54 Å². The number of halogens is 2. The molecule has 22 heavy (non-hydrogen) atoms. The average Bonchev–Trinajstić information content (AvgIpc) is 3.01. The Morgan fingerprint density at radius 1 is 1.23 bits per heavy atom. The predicted molar refractivity (Wildman–Crippen MR) is 88.0 cm³/mol. The third-order valence-electron chi connectivity index (χ3n) is 2.74. The van der Waals surface area contributed by atoms with Crippen LogP contribution >= 0.6 is 34.5 Å². The summed E-state index contributed by atoms with van der Waals surface area (Å²) in [6.07, 6.45) is 0.669. The summed E-state index contributed by atoms with van der Waals surface area (Å²) in [6, 6.07) is 6.39. The molecule has 0 saturated carbocycles. The van der Waals surface area contributed by atoms with E-state index in [2.05, 4.69) is 5.32 Å². The first-order chi connectivity index (χ1) is 10.6. The fourth-order valence-electron chi connectivity index (χ4n) is 1.66. The number of benzene rings is 1. The van der Waals surface area contributed by atoms with Crippen LogP contribution in [-0.4, -0.2) is 18.4 Å². The predicted octanol–water partition coefficient (Wildman–Crippen LogP) is 4.17. The summed E-state index contributed by atoms with van der Waals surface area (Å²) in [7, 11) is 0. The van der Waals surface area contributed by atoms with Crippen LogP contribution in [0.1, 0.15) is 23.2 Å². The van der Waals surface area contributed by atoms with Crippen LogP contribution in [0.5, 0.6) is 5.75 Å². The van der Waals surface area contributed by atoms with E-state index >= 15 is 0 Å². The molecule has 7 heteroatoms.